The number of aromatic nitrogens is 4. The highest BCUT2D eigenvalue weighted by Crippen LogP contribution is 2.48. The molecular formula is C20H22F3N5O. The van der Waals surface area contributed by atoms with Crippen molar-refractivity contribution in [2.24, 2.45) is 5.92 Å². The van der Waals surface area contributed by atoms with Gasteiger partial charge in [0, 0.05) is 30.0 Å². The van der Waals surface area contributed by atoms with Crippen molar-refractivity contribution in [2.45, 2.75) is 50.7 Å². The van der Waals surface area contributed by atoms with E-state index in [-0.39, 0.29) is 24.2 Å². The molecule has 6 nitrogen and oxygen atoms in total. The van der Waals surface area contributed by atoms with E-state index in [1.54, 1.807) is 6.92 Å². The third kappa shape index (κ3) is 4.60. The predicted octanol–water partition coefficient (Wildman–Crippen LogP) is 4.15. The zero-order chi connectivity index (χ0) is 20.6. The number of hydrogen-bond acceptors (Lipinski definition) is 3. The Bertz CT molecular complexity index is 976. The molecule has 154 valence electrons. The van der Waals surface area contributed by atoms with Gasteiger partial charge in [-0.2, -0.15) is 18.3 Å². The maximum Gasteiger partial charge on any atom is 0.389 e. The van der Waals surface area contributed by atoms with E-state index in [9.17, 15) is 18.0 Å². The van der Waals surface area contributed by atoms with Crippen LogP contribution in [0.5, 0.6) is 0 Å². The van der Waals surface area contributed by atoms with Crippen molar-refractivity contribution in [3.63, 3.8) is 0 Å². The zero-order valence-corrected chi connectivity index (χ0v) is 15.9. The molecule has 1 aromatic carbocycles. The topological polar surface area (TPSA) is 86.5 Å². The minimum absolute atomic E-state index is 0.121. The Morgan fingerprint density at radius 2 is 2.14 bits per heavy atom. The highest BCUT2D eigenvalue weighted by Gasteiger charge is 2.42. The van der Waals surface area contributed by atoms with Gasteiger partial charge >= 0.3 is 6.18 Å². The molecule has 2 aromatic heterocycles. The van der Waals surface area contributed by atoms with Crippen molar-refractivity contribution in [1.82, 2.24) is 25.5 Å². The highest BCUT2D eigenvalue weighted by atomic mass is 19.4. The fourth-order valence-electron chi connectivity index (χ4n) is 3.73. The molecule has 2 heterocycles. The minimum Gasteiger partial charge on any atom is -0.349 e. The molecular weight excluding hydrogens is 383 g/mol. The first-order valence-corrected chi connectivity index (χ1v) is 9.63. The third-order valence-corrected chi connectivity index (χ3v) is 5.38. The maximum atomic E-state index is 12.5. The van der Waals surface area contributed by atoms with Crippen LogP contribution < -0.4 is 5.32 Å². The Morgan fingerprint density at radius 1 is 1.34 bits per heavy atom. The Kier molecular flexibility index (Phi) is 5.06. The summed E-state index contributed by atoms with van der Waals surface area (Å²) in [5.74, 6) is 1.24. The normalized spacial score (nSPS) is 20.0. The molecule has 3 aromatic rings. The first-order valence-electron chi connectivity index (χ1n) is 9.63. The molecule has 0 unspecified atom stereocenters. The molecule has 29 heavy (non-hydrogen) atoms. The number of carbonyl (C=O) groups excluding carboxylic acids is 1. The SMILES string of the molecule is C[C@@H](NC(=O)C[C@@H]1C[C@H]1c1nc2ccccc2[nH]1)c1cn[nH]c1CCC(F)(F)F. The smallest absolute Gasteiger partial charge is 0.349 e. The number of aromatic amines is 2. The molecule has 0 saturated heterocycles. The summed E-state index contributed by atoms with van der Waals surface area (Å²) >= 11 is 0. The van der Waals surface area contributed by atoms with Crippen LogP contribution in [0.25, 0.3) is 11.0 Å². The summed E-state index contributed by atoms with van der Waals surface area (Å²) in [5.41, 5.74) is 2.89. The van der Waals surface area contributed by atoms with E-state index in [1.165, 1.54) is 6.20 Å². The average Bonchev–Trinajstić information content (AvgIpc) is 3.07. The van der Waals surface area contributed by atoms with Crippen LogP contribution in [0.1, 0.15) is 55.2 Å². The van der Waals surface area contributed by atoms with Crippen molar-refractivity contribution in [3.05, 3.63) is 47.5 Å². The number of nitrogens with zero attached hydrogens (tertiary/aromatic N) is 2. The van der Waals surface area contributed by atoms with Crippen LogP contribution in [0.4, 0.5) is 13.2 Å². The van der Waals surface area contributed by atoms with E-state index in [2.05, 4.69) is 25.5 Å². The second-order valence-electron chi connectivity index (χ2n) is 7.65. The number of para-hydroxylation sites is 2. The molecule has 0 aliphatic heterocycles. The number of rotatable bonds is 7. The van der Waals surface area contributed by atoms with Crippen LogP contribution in [0, 0.1) is 5.92 Å². The first kappa shape index (κ1) is 19.5. The maximum absolute atomic E-state index is 12.5. The number of fused-ring (bicyclic) bond motifs is 1. The number of hydrogen-bond donors (Lipinski definition) is 3. The molecule has 1 aliphatic carbocycles. The van der Waals surface area contributed by atoms with Crippen LogP contribution >= 0.6 is 0 Å². The number of halogens is 3. The van der Waals surface area contributed by atoms with Crippen LogP contribution in [0.2, 0.25) is 0 Å². The lowest BCUT2D eigenvalue weighted by molar-refractivity contribution is -0.134. The van der Waals surface area contributed by atoms with Crippen LogP contribution in [0.3, 0.4) is 0 Å². The Labute approximate surface area is 165 Å². The summed E-state index contributed by atoms with van der Waals surface area (Å²) < 4.78 is 37.4. The Morgan fingerprint density at radius 3 is 2.90 bits per heavy atom. The molecule has 4 rings (SSSR count). The second-order valence-corrected chi connectivity index (χ2v) is 7.65. The number of nitrogens with one attached hydrogen (secondary N) is 3. The van der Waals surface area contributed by atoms with E-state index in [4.69, 9.17) is 0 Å². The van der Waals surface area contributed by atoms with Crippen molar-refractivity contribution in [2.75, 3.05) is 0 Å². The summed E-state index contributed by atoms with van der Waals surface area (Å²) in [6.45, 7) is 1.75. The lowest BCUT2D eigenvalue weighted by Gasteiger charge is -2.15. The predicted molar refractivity (Wildman–Crippen MR) is 101 cm³/mol. The number of carbonyl (C=O) groups is 1. The van der Waals surface area contributed by atoms with Gasteiger partial charge in [-0.1, -0.05) is 12.1 Å². The molecule has 0 radical (unpaired) electrons. The quantitative estimate of drug-likeness (QED) is 0.552. The van der Waals surface area contributed by atoms with Gasteiger partial charge in [-0.05, 0) is 37.8 Å². The second kappa shape index (κ2) is 7.53. The molecule has 3 atom stereocenters. The van der Waals surface area contributed by atoms with E-state index in [1.807, 2.05) is 24.3 Å². The molecule has 3 N–H and O–H groups in total. The summed E-state index contributed by atoms with van der Waals surface area (Å²) in [6.07, 6.45) is -2.61. The molecule has 0 bridgehead atoms. The zero-order valence-electron chi connectivity index (χ0n) is 15.9. The lowest BCUT2D eigenvalue weighted by Crippen LogP contribution is -2.27. The van der Waals surface area contributed by atoms with Gasteiger partial charge in [0.05, 0.1) is 23.3 Å². The Balaban J connectivity index is 1.31. The number of aryl methyl sites for hydroxylation is 1. The summed E-state index contributed by atoms with van der Waals surface area (Å²) in [7, 11) is 0. The molecule has 1 aliphatic rings. The number of H-pyrrole nitrogens is 2. The minimum atomic E-state index is -4.23. The number of benzene rings is 1. The summed E-state index contributed by atoms with van der Waals surface area (Å²) in [5, 5.41) is 9.33. The number of amides is 1. The van der Waals surface area contributed by atoms with Crippen molar-refractivity contribution < 1.29 is 18.0 Å². The molecule has 1 amide bonds. The van der Waals surface area contributed by atoms with Crippen LogP contribution in [-0.4, -0.2) is 32.2 Å². The van der Waals surface area contributed by atoms with Crippen molar-refractivity contribution >= 4 is 16.9 Å². The largest absolute Gasteiger partial charge is 0.389 e. The van der Waals surface area contributed by atoms with Gasteiger partial charge in [0.15, 0.2) is 0 Å². The monoisotopic (exact) mass is 405 g/mol. The average molecular weight is 405 g/mol. The van der Waals surface area contributed by atoms with Gasteiger partial charge in [0.1, 0.15) is 5.82 Å². The fourth-order valence-corrected chi connectivity index (χ4v) is 3.73. The lowest BCUT2D eigenvalue weighted by atomic mass is 10.1. The van der Waals surface area contributed by atoms with Gasteiger partial charge in [-0.3, -0.25) is 9.89 Å². The summed E-state index contributed by atoms with van der Waals surface area (Å²) in [6, 6.07) is 7.39. The van der Waals surface area contributed by atoms with E-state index >= 15 is 0 Å². The Hall–Kier alpha value is -2.84. The van der Waals surface area contributed by atoms with Crippen molar-refractivity contribution in [3.8, 4) is 0 Å². The van der Waals surface area contributed by atoms with Gasteiger partial charge < -0.3 is 10.3 Å². The highest BCUT2D eigenvalue weighted by molar-refractivity contribution is 5.78. The van der Waals surface area contributed by atoms with Crippen LogP contribution in [-0.2, 0) is 11.2 Å². The number of imidazole rings is 1. The third-order valence-electron chi connectivity index (χ3n) is 5.38. The first-order chi connectivity index (χ1) is 13.8. The molecule has 1 saturated carbocycles. The standard InChI is InChI=1S/C20H22F3N5O/c1-11(14-10-24-28-15(14)6-7-20(21,22)23)25-18(29)9-12-8-13(12)19-26-16-4-2-3-5-17(16)27-19/h2-5,10-13H,6-9H2,1H3,(H,24,28)(H,25,29)(H,26,27)/t11-,12+,13-/m1/s1. The van der Waals surface area contributed by atoms with Gasteiger partial charge in [-0.15, -0.1) is 0 Å². The van der Waals surface area contributed by atoms with Gasteiger partial charge in [0.2, 0.25) is 5.91 Å². The van der Waals surface area contributed by atoms with E-state index < -0.39 is 18.6 Å². The van der Waals surface area contributed by atoms with E-state index in [0.717, 1.165) is 23.3 Å². The molecule has 1 fully saturated rings. The summed E-state index contributed by atoms with van der Waals surface area (Å²) in [4.78, 5) is 20.3. The number of alkyl halides is 3. The fraction of sp³-hybridized carbons (Fsp3) is 0.450. The van der Waals surface area contributed by atoms with E-state index in [0.29, 0.717) is 17.7 Å². The van der Waals surface area contributed by atoms with Crippen LogP contribution in [0.15, 0.2) is 30.5 Å². The van der Waals surface area contributed by atoms with Crippen molar-refractivity contribution in [1.29, 1.82) is 0 Å². The van der Waals surface area contributed by atoms with Gasteiger partial charge in [-0.25, -0.2) is 4.98 Å². The molecule has 0 spiro atoms. The molecule has 9 heteroatoms. The van der Waals surface area contributed by atoms with Gasteiger partial charge in [0.25, 0.3) is 0 Å².